The molecule has 0 aliphatic rings. The molecule has 2 rings (SSSR count). The second kappa shape index (κ2) is 9.52. The zero-order valence-electron chi connectivity index (χ0n) is 15.0. The molecule has 0 aliphatic heterocycles. The summed E-state index contributed by atoms with van der Waals surface area (Å²) in [5.74, 6) is 1.25. The van der Waals surface area contributed by atoms with Crippen LogP contribution in [0.15, 0.2) is 54.6 Å². The standard InChI is InChI=1S/C21H25NO3/c1-4-8-20(17-9-6-5-7-10-17)22-21(23)12-11-16-13-18(24-2)15-19(14-16)25-3/h5-7,9-15,20H,4,8H2,1-3H3,(H,22,23)/b12-11+. The van der Waals surface area contributed by atoms with Crippen molar-refractivity contribution in [2.75, 3.05) is 14.2 Å². The Morgan fingerprint density at radius 3 is 2.28 bits per heavy atom. The van der Waals surface area contributed by atoms with Crippen molar-refractivity contribution in [3.8, 4) is 11.5 Å². The minimum Gasteiger partial charge on any atom is -0.497 e. The van der Waals surface area contributed by atoms with Gasteiger partial charge in [-0.3, -0.25) is 4.79 Å². The van der Waals surface area contributed by atoms with Crippen LogP contribution in [-0.4, -0.2) is 20.1 Å². The van der Waals surface area contributed by atoms with E-state index in [1.165, 1.54) is 0 Å². The molecular weight excluding hydrogens is 314 g/mol. The maximum absolute atomic E-state index is 12.3. The van der Waals surface area contributed by atoms with Crippen LogP contribution in [0.2, 0.25) is 0 Å². The van der Waals surface area contributed by atoms with Gasteiger partial charge in [-0.25, -0.2) is 0 Å². The quantitative estimate of drug-likeness (QED) is 0.726. The maximum atomic E-state index is 12.3. The average Bonchev–Trinajstić information content (AvgIpc) is 2.66. The van der Waals surface area contributed by atoms with Crippen molar-refractivity contribution >= 4 is 12.0 Å². The molecule has 0 radical (unpaired) electrons. The smallest absolute Gasteiger partial charge is 0.244 e. The number of carbonyl (C=O) groups excluding carboxylic acids is 1. The molecule has 0 spiro atoms. The fourth-order valence-electron chi connectivity index (χ4n) is 2.61. The summed E-state index contributed by atoms with van der Waals surface area (Å²) in [4.78, 5) is 12.3. The monoisotopic (exact) mass is 339 g/mol. The molecule has 25 heavy (non-hydrogen) atoms. The minimum absolute atomic E-state index is 0.0168. The van der Waals surface area contributed by atoms with Crippen LogP contribution in [0, 0.1) is 0 Å². The Kier molecular flexibility index (Phi) is 7.08. The summed E-state index contributed by atoms with van der Waals surface area (Å²) in [7, 11) is 3.20. The van der Waals surface area contributed by atoms with Gasteiger partial charge in [-0.1, -0.05) is 43.7 Å². The molecule has 132 valence electrons. The number of carbonyl (C=O) groups is 1. The van der Waals surface area contributed by atoms with E-state index in [9.17, 15) is 4.79 Å². The van der Waals surface area contributed by atoms with Gasteiger partial charge >= 0.3 is 0 Å². The normalized spacial score (nSPS) is 12.0. The van der Waals surface area contributed by atoms with E-state index in [0.29, 0.717) is 11.5 Å². The number of nitrogens with one attached hydrogen (secondary N) is 1. The van der Waals surface area contributed by atoms with Crippen LogP contribution in [0.25, 0.3) is 6.08 Å². The third-order valence-electron chi connectivity index (χ3n) is 3.90. The first kappa shape index (κ1) is 18.6. The minimum atomic E-state index is -0.121. The molecule has 0 fully saturated rings. The predicted octanol–water partition coefficient (Wildman–Crippen LogP) is 4.37. The summed E-state index contributed by atoms with van der Waals surface area (Å²) in [5.41, 5.74) is 1.97. The fraction of sp³-hybridized carbons (Fsp3) is 0.286. The molecule has 0 aromatic heterocycles. The molecule has 0 aliphatic carbocycles. The van der Waals surface area contributed by atoms with Gasteiger partial charge in [0, 0.05) is 12.1 Å². The van der Waals surface area contributed by atoms with Crippen LogP contribution in [0.4, 0.5) is 0 Å². The van der Waals surface area contributed by atoms with E-state index in [0.717, 1.165) is 24.0 Å². The van der Waals surface area contributed by atoms with Crippen LogP contribution in [-0.2, 0) is 4.79 Å². The van der Waals surface area contributed by atoms with Crippen LogP contribution >= 0.6 is 0 Å². The number of benzene rings is 2. The molecule has 0 saturated carbocycles. The molecule has 1 amide bonds. The molecular formula is C21H25NO3. The summed E-state index contributed by atoms with van der Waals surface area (Å²) < 4.78 is 10.5. The topological polar surface area (TPSA) is 47.6 Å². The maximum Gasteiger partial charge on any atom is 0.244 e. The lowest BCUT2D eigenvalue weighted by Crippen LogP contribution is -2.26. The Hall–Kier alpha value is -2.75. The van der Waals surface area contributed by atoms with Crippen LogP contribution in [0.1, 0.15) is 36.9 Å². The summed E-state index contributed by atoms with van der Waals surface area (Å²) in [6.07, 6.45) is 5.20. The molecule has 0 saturated heterocycles. The van der Waals surface area contributed by atoms with Gasteiger partial charge < -0.3 is 14.8 Å². The van der Waals surface area contributed by atoms with E-state index in [-0.39, 0.29) is 11.9 Å². The molecule has 0 bridgehead atoms. The average molecular weight is 339 g/mol. The second-order valence-corrected chi connectivity index (χ2v) is 5.74. The Morgan fingerprint density at radius 2 is 1.72 bits per heavy atom. The van der Waals surface area contributed by atoms with E-state index in [1.807, 2.05) is 42.5 Å². The highest BCUT2D eigenvalue weighted by molar-refractivity contribution is 5.92. The molecule has 0 heterocycles. The van der Waals surface area contributed by atoms with Crippen molar-refractivity contribution in [1.82, 2.24) is 5.32 Å². The van der Waals surface area contributed by atoms with Crippen molar-refractivity contribution in [3.05, 3.63) is 65.7 Å². The van der Waals surface area contributed by atoms with Gasteiger partial charge in [0.15, 0.2) is 0 Å². The van der Waals surface area contributed by atoms with Crippen molar-refractivity contribution < 1.29 is 14.3 Å². The lowest BCUT2D eigenvalue weighted by Gasteiger charge is -2.17. The van der Waals surface area contributed by atoms with E-state index in [4.69, 9.17) is 9.47 Å². The summed E-state index contributed by atoms with van der Waals surface area (Å²) in [6, 6.07) is 15.6. The van der Waals surface area contributed by atoms with E-state index in [1.54, 1.807) is 32.4 Å². The molecule has 4 nitrogen and oxygen atoms in total. The van der Waals surface area contributed by atoms with Gasteiger partial charge in [0.2, 0.25) is 5.91 Å². The third kappa shape index (κ3) is 5.68. The van der Waals surface area contributed by atoms with E-state index in [2.05, 4.69) is 12.2 Å². The lowest BCUT2D eigenvalue weighted by atomic mass is 10.0. The second-order valence-electron chi connectivity index (χ2n) is 5.74. The molecule has 4 heteroatoms. The molecule has 1 atom stereocenters. The zero-order chi connectivity index (χ0) is 18.1. The van der Waals surface area contributed by atoms with Crippen LogP contribution in [0.3, 0.4) is 0 Å². The Labute approximate surface area is 149 Å². The third-order valence-corrected chi connectivity index (χ3v) is 3.90. The molecule has 2 aromatic carbocycles. The van der Waals surface area contributed by atoms with Gasteiger partial charge in [-0.15, -0.1) is 0 Å². The number of methoxy groups -OCH3 is 2. The van der Waals surface area contributed by atoms with Crippen molar-refractivity contribution in [3.63, 3.8) is 0 Å². The first-order chi connectivity index (χ1) is 12.2. The SMILES string of the molecule is CCCC(NC(=O)/C=C/c1cc(OC)cc(OC)c1)c1ccccc1. The molecule has 1 unspecified atom stereocenters. The highest BCUT2D eigenvalue weighted by Crippen LogP contribution is 2.23. The highest BCUT2D eigenvalue weighted by atomic mass is 16.5. The van der Waals surface area contributed by atoms with Gasteiger partial charge in [0.05, 0.1) is 20.3 Å². The number of rotatable bonds is 8. The number of hydrogen-bond donors (Lipinski definition) is 1. The summed E-state index contributed by atoms with van der Waals surface area (Å²) >= 11 is 0. The van der Waals surface area contributed by atoms with Gasteiger partial charge in [-0.2, -0.15) is 0 Å². The number of amides is 1. The Bertz CT molecular complexity index is 688. The van der Waals surface area contributed by atoms with Crippen LogP contribution in [0.5, 0.6) is 11.5 Å². The predicted molar refractivity (Wildman–Crippen MR) is 101 cm³/mol. The highest BCUT2D eigenvalue weighted by Gasteiger charge is 2.11. The largest absolute Gasteiger partial charge is 0.497 e. The Balaban J connectivity index is 2.08. The zero-order valence-corrected chi connectivity index (χ0v) is 15.0. The first-order valence-corrected chi connectivity index (χ1v) is 8.42. The summed E-state index contributed by atoms with van der Waals surface area (Å²) in [6.45, 7) is 2.11. The van der Waals surface area contributed by atoms with Crippen LogP contribution < -0.4 is 14.8 Å². The van der Waals surface area contributed by atoms with E-state index < -0.39 is 0 Å². The number of ether oxygens (including phenoxy) is 2. The van der Waals surface area contributed by atoms with Crippen molar-refractivity contribution in [1.29, 1.82) is 0 Å². The van der Waals surface area contributed by atoms with Crippen molar-refractivity contribution in [2.45, 2.75) is 25.8 Å². The van der Waals surface area contributed by atoms with E-state index >= 15 is 0 Å². The lowest BCUT2D eigenvalue weighted by molar-refractivity contribution is -0.117. The van der Waals surface area contributed by atoms with Gasteiger partial charge in [-0.05, 0) is 35.8 Å². The Morgan fingerprint density at radius 1 is 1.08 bits per heavy atom. The molecule has 2 aromatic rings. The van der Waals surface area contributed by atoms with Gasteiger partial charge in [0.25, 0.3) is 0 Å². The summed E-state index contributed by atoms with van der Waals surface area (Å²) in [5, 5.41) is 3.07. The first-order valence-electron chi connectivity index (χ1n) is 8.42. The van der Waals surface area contributed by atoms with Gasteiger partial charge in [0.1, 0.15) is 11.5 Å². The molecule has 1 N–H and O–H groups in total. The number of hydrogen-bond acceptors (Lipinski definition) is 3. The fourth-order valence-corrected chi connectivity index (χ4v) is 2.61. The van der Waals surface area contributed by atoms with Crippen molar-refractivity contribution in [2.24, 2.45) is 0 Å².